The van der Waals surface area contributed by atoms with Crippen molar-refractivity contribution in [2.75, 3.05) is 13.6 Å². The summed E-state index contributed by atoms with van der Waals surface area (Å²) in [4.78, 5) is 2.24. The molecule has 3 aromatic rings. The van der Waals surface area contributed by atoms with Crippen LogP contribution >= 0.6 is 0 Å². The van der Waals surface area contributed by atoms with Crippen molar-refractivity contribution in [2.45, 2.75) is 26.0 Å². The molecule has 1 atom stereocenters. The Hall–Kier alpha value is -2.17. The molecule has 0 bridgehead atoms. The Balaban J connectivity index is 1.61. The number of rotatable bonds is 6. The highest BCUT2D eigenvalue weighted by Gasteiger charge is 2.13. The van der Waals surface area contributed by atoms with E-state index in [4.69, 9.17) is 0 Å². The summed E-state index contributed by atoms with van der Waals surface area (Å²) in [6.07, 6.45) is 2.06. The van der Waals surface area contributed by atoms with E-state index in [1.165, 1.54) is 5.56 Å². The van der Waals surface area contributed by atoms with Crippen molar-refractivity contribution >= 4 is 10.9 Å². The van der Waals surface area contributed by atoms with E-state index in [1.807, 2.05) is 19.1 Å². The van der Waals surface area contributed by atoms with Crippen LogP contribution in [0, 0.1) is 6.92 Å². The number of nitrogens with zero attached hydrogens (tertiary/aromatic N) is 2. The average molecular weight is 309 g/mol. The van der Waals surface area contributed by atoms with Crippen molar-refractivity contribution in [3.8, 4) is 0 Å². The zero-order valence-electron chi connectivity index (χ0n) is 13.7. The summed E-state index contributed by atoms with van der Waals surface area (Å²) in [6.45, 7) is 3.78. The van der Waals surface area contributed by atoms with E-state index in [1.54, 1.807) is 6.20 Å². The van der Waals surface area contributed by atoms with Crippen molar-refractivity contribution < 1.29 is 5.11 Å². The number of aryl methyl sites for hydroxylation is 1. The highest BCUT2D eigenvalue weighted by atomic mass is 16.3. The fraction of sp³-hybridized carbons (Fsp3) is 0.316. The summed E-state index contributed by atoms with van der Waals surface area (Å²) in [7, 11) is 2.09. The van der Waals surface area contributed by atoms with Crippen molar-refractivity contribution in [1.29, 1.82) is 0 Å². The van der Waals surface area contributed by atoms with Crippen molar-refractivity contribution in [3.63, 3.8) is 0 Å². The minimum Gasteiger partial charge on any atom is -0.388 e. The van der Waals surface area contributed by atoms with Gasteiger partial charge in [0.15, 0.2) is 0 Å². The standard InChI is InChI=1S/C19H23N3O/c1-14-10-18-16(12-20-21-18)11-17(14)19(23)8-9-22(2)13-15-6-4-3-5-7-15/h3-7,10-12,19,23H,8-9,13H2,1-2H3,(H,20,21). The molecule has 1 unspecified atom stereocenters. The molecule has 23 heavy (non-hydrogen) atoms. The first-order chi connectivity index (χ1) is 11.1. The van der Waals surface area contributed by atoms with Gasteiger partial charge in [0.25, 0.3) is 0 Å². The monoisotopic (exact) mass is 309 g/mol. The predicted octanol–water partition coefficient (Wildman–Crippen LogP) is 3.43. The number of nitrogens with one attached hydrogen (secondary N) is 1. The normalized spacial score (nSPS) is 12.9. The van der Waals surface area contributed by atoms with Crippen molar-refractivity contribution in [3.05, 3.63) is 65.4 Å². The lowest BCUT2D eigenvalue weighted by Gasteiger charge is -2.20. The lowest BCUT2D eigenvalue weighted by Crippen LogP contribution is -2.21. The lowest BCUT2D eigenvalue weighted by atomic mass is 9.99. The molecule has 0 saturated heterocycles. The fourth-order valence-corrected chi connectivity index (χ4v) is 2.95. The van der Waals surface area contributed by atoms with Gasteiger partial charge in [-0.1, -0.05) is 30.3 Å². The van der Waals surface area contributed by atoms with Gasteiger partial charge >= 0.3 is 0 Å². The van der Waals surface area contributed by atoms with Crippen LogP contribution < -0.4 is 0 Å². The number of H-pyrrole nitrogens is 1. The Kier molecular flexibility index (Phi) is 4.74. The second-order valence-corrected chi connectivity index (χ2v) is 6.19. The molecule has 1 aromatic heterocycles. The van der Waals surface area contributed by atoms with E-state index in [0.29, 0.717) is 6.42 Å². The van der Waals surface area contributed by atoms with Crippen LogP contribution in [0.2, 0.25) is 0 Å². The third kappa shape index (κ3) is 3.78. The fourth-order valence-electron chi connectivity index (χ4n) is 2.95. The zero-order chi connectivity index (χ0) is 16.2. The van der Waals surface area contributed by atoms with Gasteiger partial charge in [-0.05, 0) is 49.2 Å². The number of hydrogen-bond donors (Lipinski definition) is 2. The van der Waals surface area contributed by atoms with Gasteiger partial charge < -0.3 is 10.0 Å². The number of fused-ring (bicyclic) bond motifs is 1. The highest BCUT2D eigenvalue weighted by Crippen LogP contribution is 2.25. The van der Waals surface area contributed by atoms with Crippen LogP contribution in [0.3, 0.4) is 0 Å². The smallest absolute Gasteiger partial charge is 0.0805 e. The van der Waals surface area contributed by atoms with Crippen LogP contribution in [0.1, 0.15) is 29.2 Å². The van der Waals surface area contributed by atoms with Gasteiger partial charge in [0, 0.05) is 18.5 Å². The summed E-state index contributed by atoms with van der Waals surface area (Å²) < 4.78 is 0. The molecule has 0 amide bonds. The Morgan fingerprint density at radius 3 is 2.78 bits per heavy atom. The molecule has 0 aliphatic heterocycles. The molecular weight excluding hydrogens is 286 g/mol. The van der Waals surface area contributed by atoms with Gasteiger partial charge in [0.2, 0.25) is 0 Å². The molecule has 0 spiro atoms. The highest BCUT2D eigenvalue weighted by molar-refractivity contribution is 5.79. The maximum Gasteiger partial charge on any atom is 0.0805 e. The summed E-state index contributed by atoms with van der Waals surface area (Å²) in [5.74, 6) is 0. The second kappa shape index (κ2) is 6.94. The maximum absolute atomic E-state index is 10.6. The molecule has 4 nitrogen and oxygen atoms in total. The molecule has 2 aromatic carbocycles. The molecule has 0 saturated carbocycles. The van der Waals surface area contributed by atoms with E-state index in [-0.39, 0.29) is 0 Å². The Morgan fingerprint density at radius 2 is 2.00 bits per heavy atom. The Labute approximate surface area is 136 Å². The van der Waals surface area contributed by atoms with E-state index in [9.17, 15) is 5.11 Å². The first-order valence-corrected chi connectivity index (χ1v) is 7.97. The van der Waals surface area contributed by atoms with Crippen LogP contribution in [0.4, 0.5) is 0 Å². The van der Waals surface area contributed by atoms with E-state index >= 15 is 0 Å². The van der Waals surface area contributed by atoms with Crippen molar-refractivity contribution in [2.24, 2.45) is 0 Å². The SMILES string of the molecule is Cc1cc2[nH]ncc2cc1C(O)CCN(C)Cc1ccccc1. The number of aliphatic hydroxyl groups excluding tert-OH is 1. The number of benzene rings is 2. The van der Waals surface area contributed by atoms with E-state index in [2.05, 4.69) is 52.5 Å². The Bertz CT molecular complexity index is 767. The van der Waals surface area contributed by atoms with E-state index in [0.717, 1.165) is 35.1 Å². The van der Waals surface area contributed by atoms with Gasteiger partial charge in [-0.3, -0.25) is 5.10 Å². The molecule has 3 rings (SSSR count). The second-order valence-electron chi connectivity index (χ2n) is 6.19. The quantitative estimate of drug-likeness (QED) is 0.733. The lowest BCUT2D eigenvalue weighted by molar-refractivity contribution is 0.147. The Morgan fingerprint density at radius 1 is 1.22 bits per heavy atom. The maximum atomic E-state index is 10.6. The van der Waals surface area contributed by atoms with Crippen LogP contribution in [0.15, 0.2) is 48.7 Å². The first kappa shape index (κ1) is 15.7. The summed E-state index contributed by atoms with van der Waals surface area (Å²) in [5, 5.41) is 18.6. The molecule has 0 aliphatic rings. The van der Waals surface area contributed by atoms with Crippen LogP contribution in [0.5, 0.6) is 0 Å². The number of aliphatic hydroxyl groups is 1. The van der Waals surface area contributed by atoms with E-state index < -0.39 is 6.10 Å². The first-order valence-electron chi connectivity index (χ1n) is 7.97. The number of aromatic amines is 1. The number of hydrogen-bond acceptors (Lipinski definition) is 3. The van der Waals surface area contributed by atoms with Gasteiger partial charge in [0.05, 0.1) is 17.8 Å². The summed E-state index contributed by atoms with van der Waals surface area (Å²) in [6, 6.07) is 14.5. The van der Waals surface area contributed by atoms with Crippen LogP contribution in [0.25, 0.3) is 10.9 Å². The minimum absolute atomic E-state index is 0.451. The predicted molar refractivity (Wildman–Crippen MR) is 93.2 cm³/mol. The summed E-state index contributed by atoms with van der Waals surface area (Å²) in [5.41, 5.74) is 4.40. The third-order valence-electron chi connectivity index (χ3n) is 4.27. The van der Waals surface area contributed by atoms with Crippen LogP contribution in [-0.2, 0) is 6.54 Å². The van der Waals surface area contributed by atoms with Gasteiger partial charge in [-0.2, -0.15) is 5.10 Å². The molecule has 4 heteroatoms. The number of aromatic nitrogens is 2. The largest absolute Gasteiger partial charge is 0.388 e. The molecule has 120 valence electrons. The molecule has 0 aliphatic carbocycles. The molecule has 1 heterocycles. The minimum atomic E-state index is -0.451. The zero-order valence-corrected chi connectivity index (χ0v) is 13.7. The van der Waals surface area contributed by atoms with Crippen molar-refractivity contribution in [1.82, 2.24) is 15.1 Å². The molecule has 0 fully saturated rings. The van der Waals surface area contributed by atoms with Gasteiger partial charge in [-0.25, -0.2) is 0 Å². The van der Waals surface area contributed by atoms with Crippen LogP contribution in [-0.4, -0.2) is 33.8 Å². The third-order valence-corrected chi connectivity index (χ3v) is 4.27. The summed E-state index contributed by atoms with van der Waals surface area (Å²) >= 11 is 0. The average Bonchev–Trinajstić information content (AvgIpc) is 3.00. The molecule has 2 N–H and O–H groups in total. The van der Waals surface area contributed by atoms with Gasteiger partial charge in [0.1, 0.15) is 0 Å². The van der Waals surface area contributed by atoms with Gasteiger partial charge in [-0.15, -0.1) is 0 Å². The molecule has 0 radical (unpaired) electrons. The topological polar surface area (TPSA) is 52.1 Å². The molecular formula is C19H23N3O.